The highest BCUT2D eigenvalue weighted by Crippen LogP contribution is 2.33. The summed E-state index contributed by atoms with van der Waals surface area (Å²) in [6, 6.07) is 8.66. The maximum Gasteiger partial charge on any atom is 0.394 e. The Bertz CT molecular complexity index is 364. The van der Waals surface area contributed by atoms with Crippen LogP contribution in [0.1, 0.15) is 5.56 Å². The molecule has 0 radical (unpaired) electrons. The van der Waals surface area contributed by atoms with Crippen molar-refractivity contribution in [2.75, 3.05) is 13.1 Å². The molecule has 0 spiro atoms. The first-order chi connectivity index (χ1) is 7.97. The number of benzene rings is 1. The van der Waals surface area contributed by atoms with Crippen LogP contribution >= 0.6 is 0 Å². The van der Waals surface area contributed by atoms with Gasteiger partial charge in [0.1, 0.15) is 0 Å². The fraction of sp³-hybridized carbons (Fsp3) is 0.500. The van der Waals surface area contributed by atoms with E-state index in [1.54, 1.807) is 4.90 Å². The molecule has 0 unspecified atom stereocenters. The lowest BCUT2D eigenvalue weighted by atomic mass is 10.0. The van der Waals surface area contributed by atoms with E-state index in [0.717, 1.165) is 5.56 Å². The van der Waals surface area contributed by atoms with E-state index < -0.39 is 18.1 Å². The first-order valence-corrected chi connectivity index (χ1v) is 5.55. The maximum atomic E-state index is 12.6. The number of halogens is 3. The van der Waals surface area contributed by atoms with Crippen molar-refractivity contribution in [3.8, 4) is 0 Å². The van der Waals surface area contributed by atoms with Crippen LogP contribution in [0.4, 0.5) is 13.2 Å². The molecule has 2 N–H and O–H groups in total. The molecule has 1 aliphatic heterocycles. The third-order valence-electron chi connectivity index (χ3n) is 3.11. The van der Waals surface area contributed by atoms with Gasteiger partial charge in [-0.25, -0.2) is 0 Å². The Kier molecular flexibility index (Phi) is 3.40. The number of likely N-dealkylation sites (tertiary alicyclic amines) is 1. The zero-order valence-electron chi connectivity index (χ0n) is 9.32. The van der Waals surface area contributed by atoms with Crippen LogP contribution in [0.3, 0.4) is 0 Å². The molecule has 17 heavy (non-hydrogen) atoms. The van der Waals surface area contributed by atoms with Crippen molar-refractivity contribution in [3.05, 3.63) is 35.9 Å². The smallest absolute Gasteiger partial charge is 0.326 e. The zero-order valence-corrected chi connectivity index (χ0v) is 9.32. The van der Waals surface area contributed by atoms with Gasteiger partial charge in [0.2, 0.25) is 0 Å². The minimum Gasteiger partial charge on any atom is -0.326 e. The lowest BCUT2D eigenvalue weighted by molar-refractivity contribution is -0.173. The molecule has 1 aromatic carbocycles. The molecule has 1 heterocycles. The Morgan fingerprint density at radius 2 is 1.82 bits per heavy atom. The SMILES string of the molecule is N[C@H]1CN(Cc2ccccc2)C[C@@H]1C(F)(F)F. The summed E-state index contributed by atoms with van der Waals surface area (Å²) in [5.74, 6) is -1.40. The van der Waals surface area contributed by atoms with E-state index in [0.29, 0.717) is 13.1 Å². The molecule has 0 amide bonds. The van der Waals surface area contributed by atoms with Crippen molar-refractivity contribution >= 4 is 0 Å². The molecule has 2 nitrogen and oxygen atoms in total. The number of alkyl halides is 3. The van der Waals surface area contributed by atoms with Crippen molar-refractivity contribution in [1.29, 1.82) is 0 Å². The third-order valence-corrected chi connectivity index (χ3v) is 3.11. The molecule has 0 bridgehead atoms. The Balaban J connectivity index is 1.98. The predicted molar refractivity (Wildman–Crippen MR) is 59.2 cm³/mol. The van der Waals surface area contributed by atoms with Gasteiger partial charge in [0.25, 0.3) is 0 Å². The molecule has 1 fully saturated rings. The number of rotatable bonds is 2. The normalized spacial score (nSPS) is 26.4. The van der Waals surface area contributed by atoms with Crippen molar-refractivity contribution in [3.63, 3.8) is 0 Å². The van der Waals surface area contributed by atoms with Crippen molar-refractivity contribution in [2.24, 2.45) is 11.7 Å². The summed E-state index contributed by atoms with van der Waals surface area (Å²) < 4.78 is 37.8. The standard InChI is InChI=1S/C12H15F3N2/c13-12(14,15)10-7-17(8-11(10)16)6-9-4-2-1-3-5-9/h1-5,10-11H,6-8,16H2/t10-,11-/m0/s1. The van der Waals surface area contributed by atoms with E-state index in [1.807, 2.05) is 30.3 Å². The van der Waals surface area contributed by atoms with Crippen molar-refractivity contribution < 1.29 is 13.2 Å². The number of nitrogens with zero attached hydrogens (tertiary/aromatic N) is 1. The molecular formula is C12H15F3N2. The lowest BCUT2D eigenvalue weighted by Gasteiger charge is -2.18. The molecule has 0 aromatic heterocycles. The van der Waals surface area contributed by atoms with Crippen LogP contribution in [0.25, 0.3) is 0 Å². The summed E-state index contributed by atoms with van der Waals surface area (Å²) in [5, 5.41) is 0. The fourth-order valence-electron chi connectivity index (χ4n) is 2.23. The largest absolute Gasteiger partial charge is 0.394 e. The van der Waals surface area contributed by atoms with Gasteiger partial charge in [-0.2, -0.15) is 13.2 Å². The molecule has 0 aliphatic carbocycles. The maximum absolute atomic E-state index is 12.6. The van der Waals surface area contributed by atoms with E-state index in [-0.39, 0.29) is 6.54 Å². The van der Waals surface area contributed by atoms with Crippen molar-refractivity contribution in [1.82, 2.24) is 4.90 Å². The summed E-state index contributed by atoms with van der Waals surface area (Å²) in [6.07, 6.45) is -4.19. The molecule has 2 atom stereocenters. The van der Waals surface area contributed by atoms with Gasteiger partial charge in [-0.1, -0.05) is 30.3 Å². The van der Waals surface area contributed by atoms with E-state index >= 15 is 0 Å². The van der Waals surface area contributed by atoms with Crippen LogP contribution in [0.2, 0.25) is 0 Å². The van der Waals surface area contributed by atoms with Gasteiger partial charge in [-0.3, -0.25) is 4.90 Å². The summed E-state index contributed by atoms with van der Waals surface area (Å²) in [6.45, 7) is 0.833. The van der Waals surface area contributed by atoms with Crippen LogP contribution in [0.5, 0.6) is 0 Å². The van der Waals surface area contributed by atoms with Crippen LogP contribution in [-0.2, 0) is 6.54 Å². The second-order valence-electron chi connectivity index (χ2n) is 4.49. The van der Waals surface area contributed by atoms with E-state index in [4.69, 9.17) is 5.73 Å². The molecule has 0 saturated carbocycles. The second-order valence-corrected chi connectivity index (χ2v) is 4.49. The molecule has 1 saturated heterocycles. The van der Waals surface area contributed by atoms with Gasteiger partial charge in [0, 0.05) is 25.7 Å². The molecule has 1 aromatic rings. The van der Waals surface area contributed by atoms with E-state index in [2.05, 4.69) is 0 Å². The molecule has 5 heteroatoms. The van der Waals surface area contributed by atoms with Crippen LogP contribution in [0, 0.1) is 5.92 Å². The van der Waals surface area contributed by atoms with Gasteiger partial charge < -0.3 is 5.73 Å². The number of hydrogen-bond donors (Lipinski definition) is 1. The van der Waals surface area contributed by atoms with Crippen LogP contribution < -0.4 is 5.73 Å². The first kappa shape index (κ1) is 12.4. The third kappa shape index (κ3) is 2.98. The average molecular weight is 244 g/mol. The fourth-order valence-corrected chi connectivity index (χ4v) is 2.23. The monoisotopic (exact) mass is 244 g/mol. The minimum absolute atomic E-state index is 0.000436. The van der Waals surface area contributed by atoms with E-state index in [9.17, 15) is 13.2 Å². The predicted octanol–water partition coefficient (Wildman–Crippen LogP) is 2.01. The Morgan fingerprint density at radius 3 is 2.35 bits per heavy atom. The highest BCUT2D eigenvalue weighted by molar-refractivity contribution is 5.14. The van der Waals surface area contributed by atoms with Gasteiger partial charge in [0.05, 0.1) is 5.92 Å². The van der Waals surface area contributed by atoms with Gasteiger partial charge >= 0.3 is 6.18 Å². The summed E-state index contributed by atoms with van der Waals surface area (Å²) in [7, 11) is 0. The molecular weight excluding hydrogens is 229 g/mol. The van der Waals surface area contributed by atoms with Gasteiger partial charge in [0.15, 0.2) is 0 Å². The topological polar surface area (TPSA) is 29.3 Å². The quantitative estimate of drug-likeness (QED) is 0.862. The molecule has 1 aliphatic rings. The highest BCUT2D eigenvalue weighted by atomic mass is 19.4. The average Bonchev–Trinajstić information content (AvgIpc) is 2.60. The highest BCUT2D eigenvalue weighted by Gasteiger charge is 2.48. The molecule has 2 rings (SSSR count). The first-order valence-electron chi connectivity index (χ1n) is 5.55. The van der Waals surface area contributed by atoms with Crippen LogP contribution in [-0.4, -0.2) is 30.2 Å². The minimum atomic E-state index is -4.19. The Labute approximate surface area is 98.2 Å². The second kappa shape index (κ2) is 4.66. The lowest BCUT2D eigenvalue weighted by Crippen LogP contribution is -2.38. The zero-order chi connectivity index (χ0) is 12.5. The van der Waals surface area contributed by atoms with Crippen LogP contribution in [0.15, 0.2) is 30.3 Å². The Hall–Kier alpha value is -1.07. The summed E-state index contributed by atoms with van der Waals surface area (Å²) in [5.41, 5.74) is 6.56. The number of hydrogen-bond acceptors (Lipinski definition) is 2. The Morgan fingerprint density at radius 1 is 1.18 bits per heavy atom. The van der Waals surface area contributed by atoms with E-state index in [1.165, 1.54) is 0 Å². The summed E-state index contributed by atoms with van der Waals surface area (Å²) >= 11 is 0. The van der Waals surface area contributed by atoms with Gasteiger partial charge in [-0.15, -0.1) is 0 Å². The van der Waals surface area contributed by atoms with Crippen molar-refractivity contribution in [2.45, 2.75) is 18.8 Å². The number of nitrogens with two attached hydrogens (primary N) is 1. The molecule has 94 valence electrons. The van der Waals surface area contributed by atoms with Gasteiger partial charge in [-0.05, 0) is 5.56 Å². The summed E-state index contributed by atoms with van der Waals surface area (Å²) in [4.78, 5) is 1.76.